The van der Waals surface area contributed by atoms with Crippen LogP contribution < -0.4 is 10.1 Å². The van der Waals surface area contributed by atoms with Crippen LogP contribution in [-0.4, -0.2) is 57.7 Å². The van der Waals surface area contributed by atoms with E-state index in [1.54, 1.807) is 24.3 Å². The fourth-order valence-corrected chi connectivity index (χ4v) is 5.49. The quantitative estimate of drug-likeness (QED) is 0.522. The predicted molar refractivity (Wildman–Crippen MR) is 133 cm³/mol. The average molecular weight is 514 g/mol. The van der Waals surface area contributed by atoms with E-state index in [0.29, 0.717) is 41.7 Å². The number of imide groups is 1. The molecule has 0 aliphatic carbocycles. The highest BCUT2D eigenvalue weighted by Gasteiger charge is 2.39. The third-order valence-corrected chi connectivity index (χ3v) is 7.37. The summed E-state index contributed by atoms with van der Waals surface area (Å²) in [6, 6.07) is 13.5. The van der Waals surface area contributed by atoms with Crippen LogP contribution in [0, 0.1) is 17.1 Å². The van der Waals surface area contributed by atoms with Crippen LogP contribution in [0.4, 0.5) is 4.39 Å². The van der Waals surface area contributed by atoms with Crippen molar-refractivity contribution in [1.82, 2.24) is 20.1 Å². The fourth-order valence-electron chi connectivity index (χ4n) is 5.49. The van der Waals surface area contributed by atoms with Crippen molar-refractivity contribution in [3.63, 3.8) is 0 Å². The van der Waals surface area contributed by atoms with Gasteiger partial charge in [0.2, 0.25) is 11.8 Å². The van der Waals surface area contributed by atoms with Crippen molar-refractivity contribution < 1.29 is 23.5 Å². The van der Waals surface area contributed by atoms with Crippen LogP contribution in [0.2, 0.25) is 0 Å². The molecule has 3 aliphatic rings. The molecule has 3 aliphatic heterocycles. The molecule has 0 saturated carbocycles. The van der Waals surface area contributed by atoms with Gasteiger partial charge in [-0.3, -0.25) is 24.6 Å². The molecule has 2 saturated heterocycles. The molecular weight excluding hydrogens is 489 g/mol. The summed E-state index contributed by atoms with van der Waals surface area (Å²) >= 11 is 0. The smallest absolute Gasteiger partial charge is 0.255 e. The molecule has 0 radical (unpaired) electrons. The third-order valence-electron chi connectivity index (χ3n) is 7.37. The van der Waals surface area contributed by atoms with E-state index in [-0.39, 0.29) is 30.0 Å². The molecule has 1 unspecified atom stereocenters. The van der Waals surface area contributed by atoms with Gasteiger partial charge in [-0.05, 0) is 60.4 Å². The Morgan fingerprint density at radius 3 is 2.82 bits per heavy atom. The van der Waals surface area contributed by atoms with Crippen LogP contribution in [0.25, 0.3) is 10.9 Å². The summed E-state index contributed by atoms with van der Waals surface area (Å²) < 4.78 is 20.2. The standard InChI is InChI=1S/C28H24FN5O4/c29-22-11-17-9-16(1-4-23(17)31-24(22)12-30)13-33-8-7-20(15-33)38-19-2-3-21-18(10-19)14-34(28(21)37)25-5-6-26(35)32-27(25)36/h1-4,9-11,20,25H,5-8,13-15H2,(H,32,35,36)/t20-,25?/m0/s1. The number of carbonyl (C=O) groups excluding carboxylic acids is 3. The molecule has 2 fully saturated rings. The molecule has 4 heterocycles. The van der Waals surface area contributed by atoms with E-state index in [1.807, 2.05) is 18.2 Å². The van der Waals surface area contributed by atoms with Gasteiger partial charge >= 0.3 is 0 Å². The number of pyridine rings is 1. The molecule has 10 heteroatoms. The summed E-state index contributed by atoms with van der Waals surface area (Å²) in [5, 5.41) is 12.0. The van der Waals surface area contributed by atoms with Crippen LogP contribution in [0.3, 0.4) is 0 Å². The Kier molecular flexibility index (Phi) is 6.00. The molecule has 0 bridgehead atoms. The number of aromatic nitrogens is 1. The van der Waals surface area contributed by atoms with E-state index in [0.717, 1.165) is 30.6 Å². The predicted octanol–water partition coefficient (Wildman–Crippen LogP) is 2.66. The first-order chi connectivity index (χ1) is 18.4. The topological polar surface area (TPSA) is 116 Å². The van der Waals surface area contributed by atoms with E-state index in [2.05, 4.69) is 15.2 Å². The molecule has 6 rings (SSSR count). The Balaban J connectivity index is 1.08. The van der Waals surface area contributed by atoms with Crippen LogP contribution in [0.5, 0.6) is 5.75 Å². The Morgan fingerprint density at radius 2 is 2.00 bits per heavy atom. The maximum atomic E-state index is 14.0. The van der Waals surface area contributed by atoms with Crippen LogP contribution in [-0.2, 0) is 22.7 Å². The van der Waals surface area contributed by atoms with Crippen LogP contribution in [0.1, 0.15) is 46.4 Å². The molecule has 3 amide bonds. The number of nitriles is 1. The van der Waals surface area contributed by atoms with Crippen molar-refractivity contribution in [2.45, 2.75) is 44.5 Å². The van der Waals surface area contributed by atoms with Crippen molar-refractivity contribution in [2.75, 3.05) is 13.1 Å². The summed E-state index contributed by atoms with van der Waals surface area (Å²) in [5.74, 6) is -0.887. The highest BCUT2D eigenvalue weighted by molar-refractivity contribution is 6.05. The summed E-state index contributed by atoms with van der Waals surface area (Å²) in [6.45, 7) is 2.55. The van der Waals surface area contributed by atoms with Crippen molar-refractivity contribution in [2.24, 2.45) is 0 Å². The monoisotopic (exact) mass is 513 g/mol. The third kappa shape index (κ3) is 4.46. The second-order valence-corrected chi connectivity index (χ2v) is 9.94. The Hall–Kier alpha value is -4.36. The summed E-state index contributed by atoms with van der Waals surface area (Å²) in [7, 11) is 0. The van der Waals surface area contributed by atoms with E-state index in [1.165, 1.54) is 11.0 Å². The van der Waals surface area contributed by atoms with Gasteiger partial charge in [0.15, 0.2) is 11.5 Å². The number of hydrogen-bond donors (Lipinski definition) is 1. The van der Waals surface area contributed by atoms with Gasteiger partial charge in [-0.1, -0.05) is 6.07 Å². The average Bonchev–Trinajstić information content (AvgIpc) is 3.46. The van der Waals surface area contributed by atoms with E-state index < -0.39 is 17.8 Å². The molecule has 2 atom stereocenters. The number of carbonyl (C=O) groups is 3. The minimum Gasteiger partial charge on any atom is -0.489 e. The van der Waals surface area contributed by atoms with Crippen LogP contribution >= 0.6 is 0 Å². The second-order valence-electron chi connectivity index (χ2n) is 9.94. The lowest BCUT2D eigenvalue weighted by molar-refractivity contribution is -0.136. The fraction of sp³-hybridized carbons (Fsp3) is 0.321. The molecule has 192 valence electrons. The normalized spacial score (nSPS) is 21.5. The lowest BCUT2D eigenvalue weighted by Crippen LogP contribution is -2.52. The number of nitrogens with one attached hydrogen (secondary N) is 1. The van der Waals surface area contributed by atoms with Crippen molar-refractivity contribution in [3.05, 3.63) is 70.7 Å². The molecule has 38 heavy (non-hydrogen) atoms. The molecule has 1 aromatic heterocycles. The van der Waals surface area contributed by atoms with Crippen molar-refractivity contribution in [1.29, 1.82) is 5.26 Å². The lowest BCUT2D eigenvalue weighted by Gasteiger charge is -2.29. The number of nitrogens with zero attached hydrogens (tertiary/aromatic N) is 4. The molecule has 3 aromatic rings. The first-order valence-electron chi connectivity index (χ1n) is 12.5. The number of hydrogen-bond acceptors (Lipinski definition) is 7. The molecule has 0 spiro atoms. The molecule has 2 aromatic carbocycles. The molecule has 9 nitrogen and oxygen atoms in total. The van der Waals surface area contributed by atoms with Crippen molar-refractivity contribution >= 4 is 28.6 Å². The van der Waals surface area contributed by atoms with Gasteiger partial charge in [0, 0.05) is 43.5 Å². The number of rotatable bonds is 5. The van der Waals surface area contributed by atoms with Crippen molar-refractivity contribution in [3.8, 4) is 11.8 Å². The van der Waals surface area contributed by atoms with Gasteiger partial charge in [-0.25, -0.2) is 9.37 Å². The zero-order chi connectivity index (χ0) is 26.4. The second kappa shape index (κ2) is 9.50. The van der Waals surface area contributed by atoms with Gasteiger partial charge < -0.3 is 9.64 Å². The van der Waals surface area contributed by atoms with E-state index in [9.17, 15) is 18.8 Å². The summed E-state index contributed by atoms with van der Waals surface area (Å²) in [6.07, 6.45) is 1.37. The minimum absolute atomic E-state index is 0.0193. The number of amides is 3. The Morgan fingerprint density at radius 1 is 1.13 bits per heavy atom. The number of piperidine rings is 1. The van der Waals surface area contributed by atoms with Gasteiger partial charge in [0.25, 0.3) is 5.91 Å². The summed E-state index contributed by atoms with van der Waals surface area (Å²) in [4.78, 5) is 44.5. The number of likely N-dealkylation sites (tertiary alicyclic amines) is 1. The van der Waals surface area contributed by atoms with Gasteiger partial charge in [0.1, 0.15) is 24.0 Å². The Bertz CT molecular complexity index is 1530. The van der Waals surface area contributed by atoms with Crippen LogP contribution in [0.15, 0.2) is 42.5 Å². The van der Waals surface area contributed by atoms with E-state index in [4.69, 9.17) is 10.00 Å². The largest absolute Gasteiger partial charge is 0.489 e. The SMILES string of the molecule is N#Cc1nc2ccc(CN3CC[C@H](Oc4ccc5c(c4)CN(C4CCC(=O)NC4=O)C5=O)C3)cc2cc1F. The maximum absolute atomic E-state index is 14.0. The van der Waals surface area contributed by atoms with Gasteiger partial charge in [-0.2, -0.15) is 5.26 Å². The number of benzene rings is 2. The zero-order valence-corrected chi connectivity index (χ0v) is 20.4. The first-order valence-corrected chi connectivity index (χ1v) is 12.5. The number of halogens is 1. The maximum Gasteiger partial charge on any atom is 0.255 e. The highest BCUT2D eigenvalue weighted by atomic mass is 19.1. The Labute approximate surface area is 217 Å². The zero-order valence-electron chi connectivity index (χ0n) is 20.4. The lowest BCUT2D eigenvalue weighted by atomic mass is 10.0. The summed E-state index contributed by atoms with van der Waals surface area (Å²) in [5.41, 5.74) is 2.77. The van der Waals surface area contributed by atoms with Gasteiger partial charge in [-0.15, -0.1) is 0 Å². The number of fused-ring (bicyclic) bond motifs is 2. The number of ether oxygens (including phenoxy) is 1. The first kappa shape index (κ1) is 24.0. The van der Waals surface area contributed by atoms with E-state index >= 15 is 0 Å². The van der Waals surface area contributed by atoms with Gasteiger partial charge in [0.05, 0.1) is 5.52 Å². The molecule has 1 N–H and O–H groups in total. The highest BCUT2D eigenvalue weighted by Crippen LogP contribution is 2.31. The minimum atomic E-state index is -0.642. The molecular formula is C28H24FN5O4.